The van der Waals surface area contributed by atoms with Crippen LogP contribution in [0.5, 0.6) is 0 Å². The first-order valence-corrected chi connectivity index (χ1v) is 5.68. The molecule has 0 spiro atoms. The minimum Gasteiger partial charge on any atom is -0.330 e. The topological polar surface area (TPSA) is 38.0 Å². The molecule has 84 valence electrons. The summed E-state index contributed by atoms with van der Waals surface area (Å²) in [5, 5.41) is 3.46. The summed E-state index contributed by atoms with van der Waals surface area (Å²) in [4.78, 5) is 0. The van der Waals surface area contributed by atoms with Crippen molar-refractivity contribution in [2.75, 3.05) is 13.1 Å². The third-order valence-corrected chi connectivity index (χ3v) is 2.98. The molecule has 0 heterocycles. The lowest BCUT2D eigenvalue weighted by Gasteiger charge is -2.18. The minimum absolute atomic E-state index is 0.591. The zero-order valence-electron chi connectivity index (χ0n) is 9.74. The number of hydrogen-bond donors (Lipinski definition) is 2. The Hall–Kier alpha value is -0.860. The molecule has 2 atom stereocenters. The van der Waals surface area contributed by atoms with Gasteiger partial charge in [-0.25, -0.2) is 0 Å². The Balaban J connectivity index is 2.22. The molecule has 0 fully saturated rings. The van der Waals surface area contributed by atoms with Gasteiger partial charge in [0.15, 0.2) is 0 Å². The van der Waals surface area contributed by atoms with Gasteiger partial charge in [0.25, 0.3) is 0 Å². The van der Waals surface area contributed by atoms with E-state index in [1.807, 2.05) is 6.07 Å². The Bertz CT molecular complexity index is 258. The Morgan fingerprint density at radius 1 is 1.13 bits per heavy atom. The number of benzene rings is 1. The van der Waals surface area contributed by atoms with Gasteiger partial charge in [0.2, 0.25) is 0 Å². The highest BCUT2D eigenvalue weighted by Crippen LogP contribution is 2.07. The van der Waals surface area contributed by atoms with Crippen molar-refractivity contribution in [3.05, 3.63) is 35.9 Å². The molecular weight excluding hydrogens is 184 g/mol. The monoisotopic (exact) mass is 206 g/mol. The fourth-order valence-corrected chi connectivity index (χ4v) is 1.47. The largest absolute Gasteiger partial charge is 0.330 e. The normalized spacial score (nSPS) is 14.9. The standard InChI is InChI=1S/C13H22N2/c1-11(8-14)12(2)9-15-10-13-6-4-3-5-7-13/h3-7,11-12,15H,8-10,14H2,1-2H3. The van der Waals surface area contributed by atoms with Gasteiger partial charge in [0.1, 0.15) is 0 Å². The lowest BCUT2D eigenvalue weighted by molar-refractivity contribution is 0.374. The molecule has 0 radical (unpaired) electrons. The fraction of sp³-hybridized carbons (Fsp3) is 0.538. The summed E-state index contributed by atoms with van der Waals surface area (Å²) in [5.74, 6) is 1.23. The zero-order chi connectivity index (χ0) is 11.1. The van der Waals surface area contributed by atoms with Crippen molar-refractivity contribution in [3.63, 3.8) is 0 Å². The summed E-state index contributed by atoms with van der Waals surface area (Å²) in [5.41, 5.74) is 6.97. The van der Waals surface area contributed by atoms with Gasteiger partial charge in [-0.05, 0) is 30.5 Å². The van der Waals surface area contributed by atoms with Crippen molar-refractivity contribution in [2.45, 2.75) is 20.4 Å². The van der Waals surface area contributed by atoms with E-state index in [1.165, 1.54) is 5.56 Å². The van der Waals surface area contributed by atoms with Gasteiger partial charge in [-0.1, -0.05) is 44.2 Å². The Morgan fingerprint density at radius 3 is 2.40 bits per heavy atom. The maximum atomic E-state index is 5.63. The van der Waals surface area contributed by atoms with Crippen molar-refractivity contribution in [1.82, 2.24) is 5.32 Å². The van der Waals surface area contributed by atoms with Gasteiger partial charge in [-0.3, -0.25) is 0 Å². The summed E-state index contributed by atoms with van der Waals surface area (Å²) < 4.78 is 0. The smallest absolute Gasteiger partial charge is 0.0205 e. The second kappa shape index (κ2) is 6.59. The first kappa shape index (κ1) is 12.2. The van der Waals surface area contributed by atoms with Gasteiger partial charge in [-0.15, -0.1) is 0 Å². The van der Waals surface area contributed by atoms with E-state index >= 15 is 0 Å². The van der Waals surface area contributed by atoms with E-state index in [0.717, 1.165) is 19.6 Å². The lowest BCUT2D eigenvalue weighted by Crippen LogP contribution is -2.28. The van der Waals surface area contributed by atoms with Crippen molar-refractivity contribution < 1.29 is 0 Å². The summed E-state index contributed by atoms with van der Waals surface area (Å²) in [7, 11) is 0. The molecule has 1 aromatic rings. The molecule has 0 aromatic heterocycles. The molecule has 0 saturated heterocycles. The Kier molecular flexibility index (Phi) is 5.37. The number of rotatable bonds is 6. The Morgan fingerprint density at radius 2 is 1.80 bits per heavy atom. The van der Waals surface area contributed by atoms with Gasteiger partial charge < -0.3 is 11.1 Å². The van der Waals surface area contributed by atoms with Gasteiger partial charge >= 0.3 is 0 Å². The van der Waals surface area contributed by atoms with Crippen LogP contribution in [0.3, 0.4) is 0 Å². The average Bonchev–Trinajstić information content (AvgIpc) is 2.29. The molecular formula is C13H22N2. The van der Waals surface area contributed by atoms with Crippen molar-refractivity contribution >= 4 is 0 Å². The molecule has 15 heavy (non-hydrogen) atoms. The molecule has 2 nitrogen and oxygen atoms in total. The van der Waals surface area contributed by atoms with Crippen molar-refractivity contribution in [2.24, 2.45) is 17.6 Å². The van der Waals surface area contributed by atoms with Crippen LogP contribution in [0.15, 0.2) is 30.3 Å². The summed E-state index contributed by atoms with van der Waals surface area (Å²) in [6.07, 6.45) is 0. The van der Waals surface area contributed by atoms with Gasteiger partial charge in [0.05, 0.1) is 0 Å². The highest BCUT2D eigenvalue weighted by Gasteiger charge is 2.09. The molecule has 0 aliphatic rings. The summed E-state index contributed by atoms with van der Waals surface area (Å²) >= 11 is 0. The predicted molar refractivity (Wildman–Crippen MR) is 65.5 cm³/mol. The van der Waals surface area contributed by atoms with E-state index in [9.17, 15) is 0 Å². The first-order valence-electron chi connectivity index (χ1n) is 5.68. The number of nitrogens with two attached hydrogens (primary N) is 1. The first-order chi connectivity index (χ1) is 7.24. The van der Waals surface area contributed by atoms with Crippen LogP contribution in [-0.4, -0.2) is 13.1 Å². The van der Waals surface area contributed by atoms with Crippen LogP contribution in [0.25, 0.3) is 0 Å². The van der Waals surface area contributed by atoms with Crippen LogP contribution in [0.2, 0.25) is 0 Å². The van der Waals surface area contributed by atoms with Crippen LogP contribution >= 0.6 is 0 Å². The van der Waals surface area contributed by atoms with Crippen LogP contribution in [-0.2, 0) is 6.54 Å². The van der Waals surface area contributed by atoms with Crippen molar-refractivity contribution in [3.8, 4) is 0 Å². The van der Waals surface area contributed by atoms with Crippen LogP contribution < -0.4 is 11.1 Å². The predicted octanol–water partition coefficient (Wildman–Crippen LogP) is 2.01. The van der Waals surface area contributed by atoms with Gasteiger partial charge in [-0.2, -0.15) is 0 Å². The van der Waals surface area contributed by atoms with Crippen molar-refractivity contribution in [1.29, 1.82) is 0 Å². The summed E-state index contributed by atoms with van der Waals surface area (Å²) in [6.45, 7) is 7.20. The molecule has 0 aliphatic heterocycles. The zero-order valence-corrected chi connectivity index (χ0v) is 9.74. The SMILES string of the molecule is CC(CN)C(C)CNCc1ccccc1. The van der Waals surface area contributed by atoms with E-state index in [0.29, 0.717) is 11.8 Å². The van der Waals surface area contributed by atoms with Crippen LogP contribution in [0.1, 0.15) is 19.4 Å². The van der Waals surface area contributed by atoms with E-state index in [2.05, 4.69) is 43.4 Å². The second-order valence-corrected chi connectivity index (χ2v) is 4.31. The number of hydrogen-bond acceptors (Lipinski definition) is 2. The Labute approximate surface area is 92.9 Å². The van der Waals surface area contributed by atoms with Crippen LogP contribution in [0.4, 0.5) is 0 Å². The molecule has 1 rings (SSSR count). The lowest BCUT2D eigenvalue weighted by atomic mass is 9.96. The highest BCUT2D eigenvalue weighted by molar-refractivity contribution is 5.14. The quantitative estimate of drug-likeness (QED) is 0.747. The number of nitrogens with one attached hydrogen (secondary N) is 1. The molecule has 0 bridgehead atoms. The second-order valence-electron chi connectivity index (χ2n) is 4.31. The third kappa shape index (κ3) is 4.45. The maximum absolute atomic E-state index is 5.63. The highest BCUT2D eigenvalue weighted by atomic mass is 14.9. The molecule has 2 heteroatoms. The van der Waals surface area contributed by atoms with E-state index < -0.39 is 0 Å². The molecule has 0 amide bonds. The molecule has 0 aliphatic carbocycles. The fourth-order valence-electron chi connectivity index (χ4n) is 1.47. The molecule has 0 saturated carbocycles. The molecule has 3 N–H and O–H groups in total. The van der Waals surface area contributed by atoms with E-state index in [-0.39, 0.29) is 0 Å². The maximum Gasteiger partial charge on any atom is 0.0205 e. The van der Waals surface area contributed by atoms with Gasteiger partial charge in [0, 0.05) is 6.54 Å². The molecule has 2 unspecified atom stereocenters. The molecule has 1 aromatic carbocycles. The third-order valence-electron chi connectivity index (χ3n) is 2.98. The van der Waals surface area contributed by atoms with E-state index in [1.54, 1.807) is 0 Å². The minimum atomic E-state index is 0.591. The van der Waals surface area contributed by atoms with Crippen LogP contribution in [0, 0.1) is 11.8 Å². The summed E-state index contributed by atoms with van der Waals surface area (Å²) in [6, 6.07) is 10.5. The van der Waals surface area contributed by atoms with E-state index in [4.69, 9.17) is 5.73 Å². The average molecular weight is 206 g/mol.